The van der Waals surface area contributed by atoms with Crippen LogP contribution in [-0.2, 0) is 11.3 Å². The number of guanidine groups is 1. The molecule has 2 N–H and O–H groups in total. The van der Waals surface area contributed by atoms with E-state index in [2.05, 4.69) is 20.6 Å². The number of aliphatic imine (C=N–C) groups is 1. The first kappa shape index (κ1) is 17.0. The van der Waals surface area contributed by atoms with Gasteiger partial charge in [-0.1, -0.05) is 24.1 Å². The molecule has 0 aromatic carbocycles. The van der Waals surface area contributed by atoms with Gasteiger partial charge in [0.25, 0.3) is 0 Å². The van der Waals surface area contributed by atoms with E-state index in [9.17, 15) is 0 Å². The summed E-state index contributed by atoms with van der Waals surface area (Å²) in [7, 11) is 3.55. The second-order valence-electron chi connectivity index (χ2n) is 5.86. The molecule has 0 amide bonds. The molecule has 6 heteroatoms. The van der Waals surface area contributed by atoms with E-state index >= 15 is 0 Å². The fraction of sp³-hybridized carbons (Fsp3) is 0.625. The van der Waals surface area contributed by atoms with Gasteiger partial charge in [-0.25, -0.2) is 4.98 Å². The topological polar surface area (TPSA) is 58.5 Å². The van der Waals surface area contributed by atoms with Crippen LogP contribution in [0.15, 0.2) is 23.3 Å². The molecule has 1 aliphatic carbocycles. The molecule has 1 heterocycles. The highest BCUT2D eigenvalue weighted by Crippen LogP contribution is 2.43. The highest BCUT2D eigenvalue weighted by molar-refractivity contribution is 6.29. The molecule has 0 aliphatic heterocycles. The van der Waals surface area contributed by atoms with E-state index < -0.39 is 0 Å². The highest BCUT2D eigenvalue weighted by atomic mass is 35.5. The molecule has 1 aliphatic rings. The first-order valence-corrected chi connectivity index (χ1v) is 8.09. The predicted molar refractivity (Wildman–Crippen MR) is 90.2 cm³/mol. The third-order valence-electron chi connectivity index (χ3n) is 4.35. The number of hydrogen-bond acceptors (Lipinski definition) is 3. The van der Waals surface area contributed by atoms with Gasteiger partial charge in [-0.2, -0.15) is 0 Å². The smallest absolute Gasteiger partial charge is 0.191 e. The number of nitrogens with one attached hydrogen (secondary N) is 2. The van der Waals surface area contributed by atoms with E-state index in [0.717, 1.165) is 31.1 Å². The molecule has 122 valence electrons. The van der Waals surface area contributed by atoms with Gasteiger partial charge in [-0.05, 0) is 36.3 Å². The van der Waals surface area contributed by atoms with Gasteiger partial charge in [-0.3, -0.25) is 4.99 Å². The second kappa shape index (κ2) is 8.34. The van der Waals surface area contributed by atoms with E-state index in [4.69, 9.17) is 16.3 Å². The molecule has 1 fully saturated rings. The van der Waals surface area contributed by atoms with Crippen LogP contribution in [-0.4, -0.2) is 38.3 Å². The zero-order valence-corrected chi connectivity index (χ0v) is 14.1. The number of rotatable bonds is 7. The second-order valence-corrected chi connectivity index (χ2v) is 6.25. The summed E-state index contributed by atoms with van der Waals surface area (Å²) in [5.74, 6) is 0.818. The fourth-order valence-electron chi connectivity index (χ4n) is 2.70. The molecule has 0 saturated heterocycles. The molecule has 0 atom stereocenters. The standard InChI is InChI=1S/C16H25ClN4O/c1-18-15(20-11-13-4-5-14(17)19-10-13)21-12-16(6-3-7-16)8-9-22-2/h4-5,10H,3,6-9,11-12H2,1-2H3,(H2,18,20,21). The van der Waals surface area contributed by atoms with Crippen LogP contribution in [0.25, 0.3) is 0 Å². The van der Waals surface area contributed by atoms with Gasteiger partial charge in [0, 0.05) is 40.1 Å². The molecule has 5 nitrogen and oxygen atoms in total. The third-order valence-corrected chi connectivity index (χ3v) is 4.58. The quantitative estimate of drug-likeness (QED) is 0.460. The van der Waals surface area contributed by atoms with Gasteiger partial charge in [0.15, 0.2) is 5.96 Å². The molecule has 1 aromatic heterocycles. The average Bonchev–Trinajstić information content (AvgIpc) is 2.50. The van der Waals surface area contributed by atoms with Crippen LogP contribution in [0.2, 0.25) is 5.15 Å². The van der Waals surface area contributed by atoms with Crippen molar-refractivity contribution in [3.8, 4) is 0 Å². The molecule has 0 bridgehead atoms. The Kier molecular flexibility index (Phi) is 6.46. The Bertz CT molecular complexity index is 485. The number of ether oxygens (including phenoxy) is 1. The summed E-state index contributed by atoms with van der Waals surface area (Å²) in [4.78, 5) is 8.35. The number of pyridine rings is 1. The molecule has 1 aromatic rings. The predicted octanol–water partition coefficient (Wildman–Crippen LogP) is 2.61. The van der Waals surface area contributed by atoms with E-state index in [1.165, 1.54) is 19.3 Å². The van der Waals surface area contributed by atoms with E-state index in [-0.39, 0.29) is 0 Å². The highest BCUT2D eigenvalue weighted by Gasteiger charge is 2.36. The molecular weight excluding hydrogens is 300 g/mol. The summed E-state index contributed by atoms with van der Waals surface area (Å²) >= 11 is 5.79. The third kappa shape index (κ3) is 4.85. The maximum absolute atomic E-state index is 5.79. The van der Waals surface area contributed by atoms with Gasteiger partial charge in [-0.15, -0.1) is 0 Å². The lowest BCUT2D eigenvalue weighted by molar-refractivity contribution is 0.0732. The number of aromatic nitrogens is 1. The van der Waals surface area contributed by atoms with Crippen molar-refractivity contribution in [3.63, 3.8) is 0 Å². The molecule has 0 spiro atoms. The minimum absolute atomic E-state index is 0.370. The van der Waals surface area contributed by atoms with E-state index in [1.54, 1.807) is 26.4 Å². The molecular formula is C16H25ClN4O. The Morgan fingerprint density at radius 1 is 1.41 bits per heavy atom. The van der Waals surface area contributed by atoms with Crippen molar-refractivity contribution in [3.05, 3.63) is 29.0 Å². The minimum Gasteiger partial charge on any atom is -0.385 e. The summed E-state index contributed by atoms with van der Waals surface area (Å²) in [5.41, 5.74) is 1.44. The van der Waals surface area contributed by atoms with Crippen LogP contribution in [0.1, 0.15) is 31.2 Å². The molecule has 2 rings (SSSR count). The Balaban J connectivity index is 1.78. The maximum Gasteiger partial charge on any atom is 0.191 e. The molecule has 0 radical (unpaired) electrons. The van der Waals surface area contributed by atoms with Crippen LogP contribution in [0, 0.1) is 5.41 Å². The van der Waals surface area contributed by atoms with Crippen molar-refractivity contribution in [2.75, 3.05) is 27.3 Å². The maximum atomic E-state index is 5.79. The van der Waals surface area contributed by atoms with Crippen molar-refractivity contribution in [1.29, 1.82) is 0 Å². The summed E-state index contributed by atoms with van der Waals surface area (Å²) < 4.78 is 5.23. The Morgan fingerprint density at radius 3 is 2.77 bits per heavy atom. The largest absolute Gasteiger partial charge is 0.385 e. The lowest BCUT2D eigenvalue weighted by Crippen LogP contribution is -2.46. The van der Waals surface area contributed by atoms with Crippen LogP contribution >= 0.6 is 11.6 Å². The molecule has 1 saturated carbocycles. The first-order chi connectivity index (χ1) is 10.7. The van der Waals surface area contributed by atoms with Crippen LogP contribution in [0.4, 0.5) is 0 Å². The minimum atomic E-state index is 0.370. The number of halogens is 1. The van der Waals surface area contributed by atoms with Gasteiger partial charge in [0.05, 0.1) is 0 Å². The summed E-state index contributed by atoms with van der Waals surface area (Å²) in [6.45, 7) is 2.44. The summed E-state index contributed by atoms with van der Waals surface area (Å²) in [6.07, 6.45) is 6.72. The summed E-state index contributed by atoms with van der Waals surface area (Å²) in [5, 5.41) is 7.26. The monoisotopic (exact) mass is 324 g/mol. The molecule has 0 unspecified atom stereocenters. The van der Waals surface area contributed by atoms with Crippen LogP contribution in [0.3, 0.4) is 0 Å². The Hall–Kier alpha value is -1.33. The SMILES string of the molecule is CN=C(NCc1ccc(Cl)nc1)NCC1(CCOC)CCC1. The van der Waals surface area contributed by atoms with Gasteiger partial charge < -0.3 is 15.4 Å². The average molecular weight is 325 g/mol. The molecule has 22 heavy (non-hydrogen) atoms. The Morgan fingerprint density at radius 2 is 2.23 bits per heavy atom. The van der Waals surface area contributed by atoms with Gasteiger partial charge >= 0.3 is 0 Å². The number of hydrogen-bond donors (Lipinski definition) is 2. The lowest BCUT2D eigenvalue weighted by Gasteiger charge is -2.42. The van der Waals surface area contributed by atoms with Crippen LogP contribution in [0.5, 0.6) is 0 Å². The number of methoxy groups -OCH3 is 1. The van der Waals surface area contributed by atoms with Crippen molar-refractivity contribution >= 4 is 17.6 Å². The van der Waals surface area contributed by atoms with Crippen molar-refractivity contribution in [2.24, 2.45) is 10.4 Å². The number of nitrogens with zero attached hydrogens (tertiary/aromatic N) is 2. The van der Waals surface area contributed by atoms with Gasteiger partial charge in [0.1, 0.15) is 5.15 Å². The Labute approximate surface area is 137 Å². The van der Waals surface area contributed by atoms with Gasteiger partial charge in [0.2, 0.25) is 0 Å². The summed E-state index contributed by atoms with van der Waals surface area (Å²) in [6, 6.07) is 3.75. The first-order valence-electron chi connectivity index (χ1n) is 7.71. The van der Waals surface area contributed by atoms with E-state index in [0.29, 0.717) is 17.1 Å². The zero-order valence-electron chi connectivity index (χ0n) is 13.4. The normalized spacial score (nSPS) is 17.0. The van der Waals surface area contributed by atoms with Crippen LogP contribution < -0.4 is 10.6 Å². The lowest BCUT2D eigenvalue weighted by atomic mass is 9.67. The fourth-order valence-corrected chi connectivity index (χ4v) is 2.81. The van der Waals surface area contributed by atoms with Crippen molar-refractivity contribution in [2.45, 2.75) is 32.2 Å². The van der Waals surface area contributed by atoms with Crippen molar-refractivity contribution in [1.82, 2.24) is 15.6 Å². The van der Waals surface area contributed by atoms with E-state index in [1.807, 2.05) is 6.07 Å². The zero-order chi connectivity index (χ0) is 15.8. The van der Waals surface area contributed by atoms with Crippen molar-refractivity contribution < 1.29 is 4.74 Å².